The van der Waals surface area contributed by atoms with E-state index in [4.69, 9.17) is 4.74 Å². The number of nitrogens with zero attached hydrogens (tertiary/aromatic N) is 2. The van der Waals surface area contributed by atoms with Crippen molar-refractivity contribution in [3.63, 3.8) is 0 Å². The molecule has 3 heteroatoms. The number of hydrogen-bond acceptors (Lipinski definition) is 2. The van der Waals surface area contributed by atoms with E-state index in [1.54, 1.807) is 0 Å². The first-order valence-electron chi connectivity index (χ1n) is 22.3. The molecule has 0 N–H and O–H groups in total. The Hall–Kier alpha value is -8.14. The van der Waals surface area contributed by atoms with E-state index in [1.165, 1.54) is 88.7 Å². The third kappa shape index (κ3) is 4.70. The highest BCUT2D eigenvalue weighted by Crippen LogP contribution is 2.64. The summed E-state index contributed by atoms with van der Waals surface area (Å²) >= 11 is 0. The normalized spacial score (nSPS) is 16.9. The maximum absolute atomic E-state index is 7.23. The minimum Gasteiger partial charge on any atom is -0.484 e. The Balaban J connectivity index is 0.990. The molecule has 1 aliphatic heterocycles. The van der Waals surface area contributed by atoms with Gasteiger partial charge in [0, 0.05) is 44.7 Å². The van der Waals surface area contributed by atoms with Gasteiger partial charge in [0.25, 0.3) is 0 Å². The molecule has 1 aromatic heterocycles. The molecular weight excluding hydrogens is 777 g/mol. The fourth-order valence-corrected chi connectivity index (χ4v) is 12.0. The van der Waals surface area contributed by atoms with Gasteiger partial charge in [0.15, 0.2) is 0 Å². The molecule has 0 fully saturated rings. The lowest BCUT2D eigenvalue weighted by atomic mass is 9.70. The van der Waals surface area contributed by atoms with Gasteiger partial charge < -0.3 is 14.2 Å². The number of aromatic nitrogens is 1. The van der Waals surface area contributed by atoms with Crippen LogP contribution in [0.15, 0.2) is 231 Å². The lowest BCUT2D eigenvalue weighted by molar-refractivity contribution is 0.279. The summed E-state index contributed by atoms with van der Waals surface area (Å²) in [7, 11) is 0. The van der Waals surface area contributed by atoms with E-state index in [0.29, 0.717) is 0 Å². The highest BCUT2D eigenvalue weighted by Gasteiger charge is 2.53. The zero-order valence-electron chi connectivity index (χ0n) is 34.9. The van der Waals surface area contributed by atoms with E-state index in [-0.39, 0.29) is 12.0 Å². The lowest BCUT2D eigenvalue weighted by Gasteiger charge is -2.32. The molecule has 10 aromatic rings. The molecule has 14 rings (SSSR count). The van der Waals surface area contributed by atoms with E-state index in [2.05, 4.69) is 240 Å². The summed E-state index contributed by atoms with van der Waals surface area (Å²) in [5, 5.41) is 2.43. The van der Waals surface area contributed by atoms with Gasteiger partial charge in [-0.2, -0.15) is 0 Å². The molecule has 0 bridgehead atoms. The van der Waals surface area contributed by atoms with Crippen molar-refractivity contribution in [1.82, 2.24) is 4.57 Å². The average Bonchev–Trinajstić information content (AvgIpc) is 4.09. The van der Waals surface area contributed by atoms with Gasteiger partial charge in [-0.25, -0.2) is 0 Å². The summed E-state index contributed by atoms with van der Waals surface area (Å²) in [5.41, 5.74) is 20.8. The highest BCUT2D eigenvalue weighted by atomic mass is 16.5. The van der Waals surface area contributed by atoms with Gasteiger partial charge >= 0.3 is 0 Å². The molecular formula is C61H40N2O. The van der Waals surface area contributed by atoms with Crippen molar-refractivity contribution in [1.29, 1.82) is 0 Å². The van der Waals surface area contributed by atoms with E-state index in [0.717, 1.165) is 22.8 Å². The molecule has 9 aromatic carbocycles. The minimum absolute atomic E-state index is 0.0468. The number of allylic oxidation sites excluding steroid dienone is 2. The first kappa shape index (κ1) is 35.5. The molecule has 0 saturated carbocycles. The first-order valence-corrected chi connectivity index (χ1v) is 22.3. The molecule has 1 spiro atoms. The summed E-state index contributed by atoms with van der Waals surface area (Å²) in [5.74, 6) is 0.901. The number of anilines is 3. The number of benzene rings is 9. The molecule has 64 heavy (non-hydrogen) atoms. The monoisotopic (exact) mass is 816 g/mol. The molecule has 2 atom stereocenters. The predicted molar refractivity (Wildman–Crippen MR) is 263 cm³/mol. The van der Waals surface area contributed by atoms with Crippen LogP contribution in [0.4, 0.5) is 17.1 Å². The molecule has 4 aliphatic rings. The maximum Gasteiger partial charge on any atom is 0.137 e. The summed E-state index contributed by atoms with van der Waals surface area (Å²) in [6.45, 7) is 0. The van der Waals surface area contributed by atoms with Crippen molar-refractivity contribution in [3.05, 3.63) is 264 Å². The third-order valence-electron chi connectivity index (χ3n) is 14.4. The molecule has 0 radical (unpaired) electrons. The number of hydrogen-bond donors (Lipinski definition) is 0. The second kappa shape index (κ2) is 13.4. The Labute approximate surface area is 372 Å². The van der Waals surface area contributed by atoms with Crippen molar-refractivity contribution in [2.45, 2.75) is 17.4 Å². The standard InChI is InChI=1S/C61H40N2O/c1-3-18-39(19-4-1)62(40-20-5-2-6-21-40)41-34-36-55-49(38-41)44-24-10-15-32-54(44)63(55)56-37-35-46(60-59(56)48-26-11-16-33-57(48)64-60)45-27-17-31-53-58(45)47-25-9-14-30-52(47)61(53)50-28-12-7-22-42(50)43-23-8-13-29-51(43)61/h1-38,59-60H. The SMILES string of the molecule is C1=C(c2cccc3c2-c2ccccc2C32c3ccccc3-c3ccccc32)C2Oc3ccccc3C2C(n2c3ccccc3c3cc(N(c4ccccc4)c4ccccc4)ccc32)=C1. The van der Waals surface area contributed by atoms with Crippen LogP contribution in [0.3, 0.4) is 0 Å². The summed E-state index contributed by atoms with van der Waals surface area (Å²) in [4.78, 5) is 2.35. The van der Waals surface area contributed by atoms with Crippen molar-refractivity contribution < 1.29 is 4.74 Å². The zero-order valence-corrected chi connectivity index (χ0v) is 34.9. The van der Waals surface area contributed by atoms with E-state index in [1.807, 2.05) is 0 Å². The Kier molecular flexibility index (Phi) is 7.44. The summed E-state index contributed by atoms with van der Waals surface area (Å²) in [6, 6.07) is 80.0. The lowest BCUT2D eigenvalue weighted by Crippen LogP contribution is -2.27. The maximum atomic E-state index is 7.23. The molecule has 300 valence electrons. The van der Waals surface area contributed by atoms with Crippen LogP contribution in [-0.2, 0) is 5.41 Å². The van der Waals surface area contributed by atoms with E-state index >= 15 is 0 Å². The van der Waals surface area contributed by atoms with Crippen LogP contribution >= 0.6 is 0 Å². The van der Waals surface area contributed by atoms with Crippen LogP contribution in [0.25, 0.3) is 55.3 Å². The van der Waals surface area contributed by atoms with Crippen molar-refractivity contribution in [2.24, 2.45) is 0 Å². The number of para-hydroxylation sites is 4. The second-order valence-electron chi connectivity index (χ2n) is 17.4. The fraction of sp³-hybridized carbons (Fsp3) is 0.0492. The molecule has 2 heterocycles. The quantitative estimate of drug-likeness (QED) is 0.172. The average molecular weight is 817 g/mol. The van der Waals surface area contributed by atoms with Gasteiger partial charge in [-0.1, -0.05) is 170 Å². The van der Waals surface area contributed by atoms with Gasteiger partial charge in [-0.15, -0.1) is 0 Å². The van der Waals surface area contributed by atoms with Crippen molar-refractivity contribution >= 4 is 50.1 Å². The Bertz CT molecular complexity index is 3530. The largest absolute Gasteiger partial charge is 0.484 e. The van der Waals surface area contributed by atoms with Gasteiger partial charge in [0.05, 0.1) is 22.4 Å². The van der Waals surface area contributed by atoms with Gasteiger partial charge in [0.2, 0.25) is 0 Å². The van der Waals surface area contributed by atoms with Gasteiger partial charge in [-0.05, 0) is 111 Å². The smallest absolute Gasteiger partial charge is 0.137 e. The van der Waals surface area contributed by atoms with Crippen LogP contribution in [0.1, 0.15) is 39.3 Å². The van der Waals surface area contributed by atoms with Crippen LogP contribution in [0.5, 0.6) is 5.75 Å². The number of fused-ring (bicyclic) bond motifs is 16. The van der Waals surface area contributed by atoms with E-state index in [9.17, 15) is 0 Å². The Morgan fingerprint density at radius 2 is 0.984 bits per heavy atom. The predicted octanol–water partition coefficient (Wildman–Crippen LogP) is 15.1. The molecule has 3 aliphatic carbocycles. The minimum atomic E-state index is -0.414. The van der Waals surface area contributed by atoms with Crippen LogP contribution in [0, 0.1) is 0 Å². The Morgan fingerprint density at radius 3 is 1.72 bits per heavy atom. The molecule has 3 nitrogen and oxygen atoms in total. The van der Waals surface area contributed by atoms with Crippen molar-refractivity contribution in [3.8, 4) is 28.0 Å². The number of rotatable bonds is 5. The second-order valence-corrected chi connectivity index (χ2v) is 17.4. The first-order chi connectivity index (χ1) is 31.8. The summed E-state index contributed by atoms with van der Waals surface area (Å²) < 4.78 is 9.73. The van der Waals surface area contributed by atoms with Crippen LogP contribution in [0.2, 0.25) is 0 Å². The van der Waals surface area contributed by atoms with Crippen molar-refractivity contribution in [2.75, 3.05) is 4.90 Å². The van der Waals surface area contributed by atoms with E-state index < -0.39 is 5.41 Å². The molecule has 0 saturated heterocycles. The topological polar surface area (TPSA) is 17.4 Å². The Morgan fingerprint density at radius 1 is 0.422 bits per heavy atom. The number of ether oxygens (including phenoxy) is 1. The van der Waals surface area contributed by atoms with Gasteiger partial charge in [0.1, 0.15) is 11.9 Å². The summed E-state index contributed by atoms with van der Waals surface area (Å²) in [6.07, 6.45) is 4.51. The van der Waals surface area contributed by atoms with Crippen LogP contribution < -0.4 is 9.64 Å². The van der Waals surface area contributed by atoms with Gasteiger partial charge in [-0.3, -0.25) is 0 Å². The third-order valence-corrected chi connectivity index (χ3v) is 14.4. The van der Waals surface area contributed by atoms with Crippen LogP contribution in [-0.4, -0.2) is 10.7 Å². The zero-order chi connectivity index (χ0) is 41.9. The molecule has 0 amide bonds. The highest BCUT2D eigenvalue weighted by molar-refractivity contribution is 6.12. The molecule has 2 unspecified atom stereocenters. The fourth-order valence-electron chi connectivity index (χ4n) is 12.0.